The third kappa shape index (κ3) is 3.95. The first-order chi connectivity index (χ1) is 7.09. The fourth-order valence-corrected chi connectivity index (χ4v) is 1.03. The molecule has 0 unspecified atom stereocenters. The van der Waals surface area contributed by atoms with E-state index in [1.165, 1.54) is 12.3 Å². The molecule has 0 amide bonds. The number of aromatic carboxylic acids is 1. The Morgan fingerprint density at radius 2 is 2.27 bits per heavy atom. The molecule has 0 aliphatic rings. The maximum Gasteiger partial charge on any atom is 0.337 e. The highest BCUT2D eigenvalue weighted by molar-refractivity contribution is 5.87. The van der Waals surface area contributed by atoms with Gasteiger partial charge < -0.3 is 15.3 Å². The van der Waals surface area contributed by atoms with E-state index in [2.05, 4.69) is 15.2 Å². The molecule has 0 bridgehead atoms. The van der Waals surface area contributed by atoms with Crippen molar-refractivity contribution in [3.63, 3.8) is 0 Å². The highest BCUT2D eigenvalue weighted by Crippen LogP contribution is 2.04. The van der Waals surface area contributed by atoms with E-state index in [0.717, 1.165) is 13.1 Å². The number of carboxylic acids is 1. The van der Waals surface area contributed by atoms with Crippen molar-refractivity contribution >= 4 is 11.8 Å². The summed E-state index contributed by atoms with van der Waals surface area (Å²) in [5, 5.41) is 11.8. The van der Waals surface area contributed by atoms with Gasteiger partial charge in [0.2, 0.25) is 0 Å². The van der Waals surface area contributed by atoms with Crippen LogP contribution in [0.25, 0.3) is 0 Å². The zero-order chi connectivity index (χ0) is 11.3. The van der Waals surface area contributed by atoms with E-state index in [4.69, 9.17) is 5.11 Å². The van der Waals surface area contributed by atoms with E-state index < -0.39 is 5.97 Å². The quantitative estimate of drug-likeness (QED) is 0.749. The van der Waals surface area contributed by atoms with Crippen LogP contribution in [0.4, 0.5) is 5.82 Å². The molecule has 0 atom stereocenters. The number of aromatic nitrogens is 1. The average molecular weight is 209 g/mol. The first-order valence-electron chi connectivity index (χ1n) is 4.67. The molecule has 1 heterocycles. The van der Waals surface area contributed by atoms with Gasteiger partial charge in [0.25, 0.3) is 0 Å². The summed E-state index contributed by atoms with van der Waals surface area (Å²) in [7, 11) is 3.98. The van der Waals surface area contributed by atoms with Crippen molar-refractivity contribution in [2.45, 2.75) is 0 Å². The molecular weight excluding hydrogens is 194 g/mol. The normalized spacial score (nSPS) is 10.3. The maximum atomic E-state index is 10.5. The average Bonchev–Trinajstić information content (AvgIpc) is 2.18. The molecule has 0 saturated carbocycles. The molecule has 0 aromatic carbocycles. The molecule has 5 nitrogen and oxygen atoms in total. The van der Waals surface area contributed by atoms with E-state index >= 15 is 0 Å². The topological polar surface area (TPSA) is 65.5 Å². The summed E-state index contributed by atoms with van der Waals surface area (Å²) >= 11 is 0. The number of nitrogens with zero attached hydrogens (tertiary/aromatic N) is 2. The standard InChI is InChI=1S/C10H15N3O2/c1-13(2)6-5-11-9-4-3-8(7-12-9)10(14)15/h3-4,7H,5-6H2,1-2H3,(H,11,12)(H,14,15). The molecule has 82 valence electrons. The minimum atomic E-state index is -0.956. The lowest BCUT2D eigenvalue weighted by molar-refractivity contribution is 0.0696. The van der Waals surface area contributed by atoms with Crippen molar-refractivity contribution in [2.24, 2.45) is 0 Å². The molecule has 0 aliphatic carbocycles. The van der Waals surface area contributed by atoms with Crippen molar-refractivity contribution in [3.05, 3.63) is 23.9 Å². The summed E-state index contributed by atoms with van der Waals surface area (Å²) in [6.45, 7) is 1.69. The number of likely N-dealkylation sites (N-methyl/N-ethyl adjacent to an activating group) is 1. The van der Waals surface area contributed by atoms with Crippen molar-refractivity contribution in [1.82, 2.24) is 9.88 Å². The van der Waals surface area contributed by atoms with Crippen LogP contribution < -0.4 is 5.32 Å². The summed E-state index contributed by atoms with van der Waals surface area (Å²) in [6, 6.07) is 3.20. The molecule has 0 radical (unpaired) electrons. The van der Waals surface area contributed by atoms with Crippen molar-refractivity contribution in [1.29, 1.82) is 0 Å². The Bertz CT molecular complexity index is 322. The van der Waals surface area contributed by atoms with Crippen molar-refractivity contribution < 1.29 is 9.90 Å². The molecule has 0 saturated heterocycles. The number of pyridine rings is 1. The number of hydrogen-bond acceptors (Lipinski definition) is 4. The van der Waals surface area contributed by atoms with Gasteiger partial charge in [0.05, 0.1) is 5.56 Å². The van der Waals surface area contributed by atoms with Crippen molar-refractivity contribution in [2.75, 3.05) is 32.5 Å². The SMILES string of the molecule is CN(C)CCNc1ccc(C(=O)O)cn1. The van der Waals surface area contributed by atoms with Gasteiger partial charge in [0.15, 0.2) is 0 Å². The molecule has 2 N–H and O–H groups in total. The van der Waals surface area contributed by atoms with Gasteiger partial charge in [-0.25, -0.2) is 9.78 Å². The van der Waals surface area contributed by atoms with Crippen LogP contribution >= 0.6 is 0 Å². The highest BCUT2D eigenvalue weighted by Gasteiger charge is 2.02. The number of carboxylic acid groups (broad SMARTS) is 1. The summed E-state index contributed by atoms with van der Waals surface area (Å²) in [6.07, 6.45) is 1.35. The first kappa shape index (κ1) is 11.5. The van der Waals surface area contributed by atoms with Crippen LogP contribution in [0.5, 0.6) is 0 Å². The van der Waals surface area contributed by atoms with Crippen molar-refractivity contribution in [3.8, 4) is 0 Å². The Kier molecular flexibility index (Phi) is 4.05. The molecule has 1 aromatic heterocycles. The van der Waals surface area contributed by atoms with Gasteiger partial charge in [-0.3, -0.25) is 0 Å². The van der Waals surface area contributed by atoms with Crippen LogP contribution in [-0.2, 0) is 0 Å². The van der Waals surface area contributed by atoms with Gasteiger partial charge in [-0.2, -0.15) is 0 Å². The lowest BCUT2D eigenvalue weighted by Gasteiger charge is -2.10. The van der Waals surface area contributed by atoms with Crippen LogP contribution in [0.2, 0.25) is 0 Å². The van der Waals surface area contributed by atoms with E-state index in [1.807, 2.05) is 14.1 Å². The van der Waals surface area contributed by atoms with Gasteiger partial charge in [-0.15, -0.1) is 0 Å². The minimum absolute atomic E-state index is 0.202. The second-order valence-corrected chi connectivity index (χ2v) is 3.47. The van der Waals surface area contributed by atoms with Crippen LogP contribution in [0, 0.1) is 0 Å². The molecule has 15 heavy (non-hydrogen) atoms. The fourth-order valence-electron chi connectivity index (χ4n) is 1.03. The Morgan fingerprint density at radius 1 is 1.53 bits per heavy atom. The highest BCUT2D eigenvalue weighted by atomic mass is 16.4. The third-order valence-corrected chi connectivity index (χ3v) is 1.88. The number of rotatable bonds is 5. The predicted octanol–water partition coefficient (Wildman–Crippen LogP) is 0.753. The Morgan fingerprint density at radius 3 is 2.73 bits per heavy atom. The molecule has 1 aromatic rings. The number of anilines is 1. The van der Waals surface area contributed by atoms with E-state index in [9.17, 15) is 4.79 Å². The van der Waals surface area contributed by atoms with Gasteiger partial charge in [0.1, 0.15) is 5.82 Å². The molecule has 1 rings (SSSR count). The summed E-state index contributed by atoms with van der Waals surface area (Å²) in [5.74, 6) is -0.260. The van der Waals surface area contributed by atoms with Crippen LogP contribution in [0.15, 0.2) is 18.3 Å². The molecule has 0 spiro atoms. The Balaban J connectivity index is 2.46. The Labute approximate surface area is 88.7 Å². The summed E-state index contributed by atoms with van der Waals surface area (Å²) in [5.41, 5.74) is 0.202. The zero-order valence-corrected chi connectivity index (χ0v) is 8.90. The van der Waals surface area contributed by atoms with Gasteiger partial charge in [0, 0.05) is 19.3 Å². The second kappa shape index (κ2) is 5.31. The number of carbonyl (C=O) groups is 1. The predicted molar refractivity (Wildman–Crippen MR) is 58.2 cm³/mol. The summed E-state index contributed by atoms with van der Waals surface area (Å²) < 4.78 is 0. The molecule has 5 heteroatoms. The molecule has 0 aliphatic heterocycles. The molecular formula is C10H15N3O2. The zero-order valence-electron chi connectivity index (χ0n) is 8.90. The van der Waals surface area contributed by atoms with Gasteiger partial charge >= 0.3 is 5.97 Å². The van der Waals surface area contributed by atoms with E-state index in [-0.39, 0.29) is 5.56 Å². The van der Waals surface area contributed by atoms with E-state index in [0.29, 0.717) is 5.82 Å². The van der Waals surface area contributed by atoms with Crippen LogP contribution in [0.3, 0.4) is 0 Å². The molecule has 0 fully saturated rings. The first-order valence-corrected chi connectivity index (χ1v) is 4.67. The monoisotopic (exact) mass is 209 g/mol. The maximum absolute atomic E-state index is 10.5. The van der Waals surface area contributed by atoms with Crippen LogP contribution in [0.1, 0.15) is 10.4 Å². The second-order valence-electron chi connectivity index (χ2n) is 3.47. The smallest absolute Gasteiger partial charge is 0.337 e. The number of nitrogens with one attached hydrogen (secondary N) is 1. The van der Waals surface area contributed by atoms with Crippen LogP contribution in [-0.4, -0.2) is 48.1 Å². The third-order valence-electron chi connectivity index (χ3n) is 1.88. The Hall–Kier alpha value is -1.62. The lowest BCUT2D eigenvalue weighted by atomic mass is 10.3. The summed E-state index contributed by atoms with van der Waals surface area (Å²) in [4.78, 5) is 16.6. The minimum Gasteiger partial charge on any atom is -0.478 e. The number of hydrogen-bond donors (Lipinski definition) is 2. The lowest BCUT2D eigenvalue weighted by Crippen LogP contribution is -2.21. The van der Waals surface area contributed by atoms with Gasteiger partial charge in [-0.05, 0) is 26.2 Å². The largest absolute Gasteiger partial charge is 0.478 e. The van der Waals surface area contributed by atoms with E-state index in [1.54, 1.807) is 6.07 Å². The fraction of sp³-hybridized carbons (Fsp3) is 0.400. The van der Waals surface area contributed by atoms with Gasteiger partial charge in [-0.1, -0.05) is 0 Å².